The first-order valence-corrected chi connectivity index (χ1v) is 11.1. The number of hydrogen-bond acceptors (Lipinski definition) is 4. The molecule has 0 aromatic heterocycles. The maximum Gasteiger partial charge on any atom is 0.573 e. The Morgan fingerprint density at radius 3 is 2.12 bits per heavy atom. The van der Waals surface area contributed by atoms with Crippen LogP contribution in [-0.4, -0.2) is 48.2 Å². The van der Waals surface area contributed by atoms with Crippen LogP contribution in [0, 0.1) is 0 Å². The number of nitrogens with zero attached hydrogens (tertiary/aromatic N) is 2. The molecule has 2 aromatic carbocycles. The van der Waals surface area contributed by atoms with Crippen LogP contribution in [0.5, 0.6) is 5.75 Å². The summed E-state index contributed by atoms with van der Waals surface area (Å²) in [5, 5.41) is 0. The highest BCUT2D eigenvalue weighted by Crippen LogP contribution is 2.35. The summed E-state index contributed by atoms with van der Waals surface area (Å²) in [5.41, 5.74) is 8.85. The zero-order valence-corrected chi connectivity index (χ0v) is 19.5. The predicted molar refractivity (Wildman–Crippen MR) is 122 cm³/mol. The van der Waals surface area contributed by atoms with Gasteiger partial charge in [0.1, 0.15) is 11.9 Å². The van der Waals surface area contributed by atoms with Crippen molar-refractivity contribution in [2.45, 2.75) is 57.6 Å². The molecule has 8 heteroatoms. The van der Waals surface area contributed by atoms with Crippen LogP contribution >= 0.6 is 0 Å². The highest BCUT2D eigenvalue weighted by molar-refractivity contribution is 5.84. The van der Waals surface area contributed by atoms with Crippen LogP contribution in [0.15, 0.2) is 48.5 Å². The summed E-state index contributed by atoms with van der Waals surface area (Å²) >= 11 is 0. The molecule has 180 valence electrons. The number of amides is 1. The lowest BCUT2D eigenvalue weighted by Gasteiger charge is -2.30. The second-order valence-electron chi connectivity index (χ2n) is 9.48. The number of likely N-dealkylation sites (N-methyl/N-ethyl adjacent to an activating group) is 1. The molecule has 0 radical (unpaired) electrons. The summed E-state index contributed by atoms with van der Waals surface area (Å²) in [6, 6.07) is 13.8. The Kier molecular flexibility index (Phi) is 7.39. The van der Waals surface area contributed by atoms with Gasteiger partial charge in [0.05, 0.1) is 6.04 Å². The molecule has 1 amide bonds. The second kappa shape index (κ2) is 9.73. The molecule has 1 saturated heterocycles. The number of carbonyl (C=O) groups excluding carboxylic acids is 1. The van der Waals surface area contributed by atoms with Gasteiger partial charge in [-0.3, -0.25) is 9.69 Å². The van der Waals surface area contributed by atoms with Crippen molar-refractivity contribution in [1.82, 2.24) is 9.80 Å². The van der Waals surface area contributed by atoms with Gasteiger partial charge >= 0.3 is 6.36 Å². The molecule has 33 heavy (non-hydrogen) atoms. The van der Waals surface area contributed by atoms with Gasteiger partial charge in [-0.25, -0.2) is 0 Å². The van der Waals surface area contributed by atoms with Crippen molar-refractivity contribution in [3.8, 4) is 5.75 Å². The SMILES string of the molecule is CN1C(c2ccc(C(C)(C)C)cc2)N(CCc2ccc(OC(F)(F)F)cc2)C(=O)[C@@H]1CCN. The molecule has 2 aromatic rings. The Labute approximate surface area is 193 Å². The minimum atomic E-state index is -4.72. The Bertz CT molecular complexity index is 937. The molecule has 0 spiro atoms. The van der Waals surface area contributed by atoms with E-state index in [1.54, 1.807) is 12.1 Å². The first-order valence-electron chi connectivity index (χ1n) is 11.1. The fraction of sp³-hybridized carbons (Fsp3) is 0.480. The minimum Gasteiger partial charge on any atom is -0.406 e. The van der Waals surface area contributed by atoms with Crippen molar-refractivity contribution in [1.29, 1.82) is 0 Å². The van der Waals surface area contributed by atoms with Crippen LogP contribution in [0.3, 0.4) is 0 Å². The number of nitrogens with two attached hydrogens (primary N) is 1. The normalized spacial score (nSPS) is 19.9. The van der Waals surface area contributed by atoms with Gasteiger partial charge in [-0.15, -0.1) is 13.2 Å². The van der Waals surface area contributed by atoms with Crippen molar-refractivity contribution >= 4 is 5.91 Å². The Morgan fingerprint density at radius 1 is 1.00 bits per heavy atom. The van der Waals surface area contributed by atoms with Crippen LogP contribution in [0.25, 0.3) is 0 Å². The van der Waals surface area contributed by atoms with Crippen LogP contribution in [-0.2, 0) is 16.6 Å². The van der Waals surface area contributed by atoms with Gasteiger partial charge in [-0.1, -0.05) is 57.2 Å². The van der Waals surface area contributed by atoms with E-state index in [-0.39, 0.29) is 29.3 Å². The van der Waals surface area contributed by atoms with Crippen molar-refractivity contribution < 1.29 is 22.7 Å². The number of rotatable bonds is 7. The van der Waals surface area contributed by atoms with E-state index in [1.165, 1.54) is 17.7 Å². The quantitative estimate of drug-likeness (QED) is 0.651. The van der Waals surface area contributed by atoms with Gasteiger partial charge in [0.25, 0.3) is 0 Å². The molecule has 0 saturated carbocycles. The predicted octanol–water partition coefficient (Wildman–Crippen LogP) is 4.62. The minimum absolute atomic E-state index is 0.0184. The Morgan fingerprint density at radius 2 is 1.61 bits per heavy atom. The third-order valence-electron chi connectivity index (χ3n) is 6.05. The molecule has 2 atom stereocenters. The molecule has 3 rings (SSSR count). The molecule has 1 heterocycles. The van der Waals surface area contributed by atoms with Crippen LogP contribution in [0.1, 0.15) is 50.0 Å². The monoisotopic (exact) mass is 463 g/mol. The maximum atomic E-state index is 13.2. The zero-order valence-electron chi connectivity index (χ0n) is 19.5. The highest BCUT2D eigenvalue weighted by Gasteiger charge is 2.43. The van der Waals surface area contributed by atoms with E-state index in [2.05, 4.69) is 54.7 Å². The molecular weight excluding hydrogens is 431 g/mol. The van der Waals surface area contributed by atoms with E-state index < -0.39 is 6.36 Å². The molecular formula is C25H32F3N3O2. The number of benzene rings is 2. The van der Waals surface area contributed by atoms with E-state index in [9.17, 15) is 18.0 Å². The van der Waals surface area contributed by atoms with Gasteiger partial charge in [-0.05, 0) is 60.7 Å². The summed E-state index contributed by atoms with van der Waals surface area (Å²) in [7, 11) is 1.93. The molecule has 1 unspecified atom stereocenters. The fourth-order valence-corrected chi connectivity index (χ4v) is 4.27. The van der Waals surface area contributed by atoms with Gasteiger partial charge in [0, 0.05) is 6.54 Å². The molecule has 0 bridgehead atoms. The average Bonchev–Trinajstić information content (AvgIpc) is 2.96. The second-order valence-corrected chi connectivity index (χ2v) is 9.48. The third-order valence-corrected chi connectivity index (χ3v) is 6.05. The topological polar surface area (TPSA) is 58.8 Å². The van der Waals surface area contributed by atoms with E-state index in [0.717, 1.165) is 11.1 Å². The summed E-state index contributed by atoms with van der Waals surface area (Å²) in [5.74, 6) is -0.243. The first kappa shape index (κ1) is 25.1. The standard InChI is InChI=1S/C25H32F3N3O2/c1-24(2,3)19-9-7-18(8-10-19)22-30(4)21(13-15-29)23(32)31(22)16-14-17-5-11-20(12-6-17)33-25(26,27)28/h5-12,21-22H,13-16,29H2,1-4H3/t21-,22?/m0/s1. The number of alkyl halides is 3. The lowest BCUT2D eigenvalue weighted by molar-refractivity contribution is -0.274. The van der Waals surface area contributed by atoms with E-state index in [4.69, 9.17) is 5.73 Å². The summed E-state index contributed by atoms with van der Waals surface area (Å²) in [6.07, 6.45) is -3.87. The molecule has 1 fully saturated rings. The number of carbonyl (C=O) groups is 1. The summed E-state index contributed by atoms with van der Waals surface area (Å²) in [4.78, 5) is 17.1. The highest BCUT2D eigenvalue weighted by atomic mass is 19.4. The van der Waals surface area contributed by atoms with E-state index in [0.29, 0.717) is 25.9 Å². The van der Waals surface area contributed by atoms with E-state index >= 15 is 0 Å². The number of halogens is 3. The Hall–Kier alpha value is -2.58. The number of ether oxygens (including phenoxy) is 1. The largest absolute Gasteiger partial charge is 0.573 e. The third kappa shape index (κ3) is 6.06. The van der Waals surface area contributed by atoms with Crippen LogP contribution in [0.4, 0.5) is 13.2 Å². The van der Waals surface area contributed by atoms with Crippen molar-refractivity contribution in [3.63, 3.8) is 0 Å². The van der Waals surface area contributed by atoms with Crippen molar-refractivity contribution in [3.05, 3.63) is 65.2 Å². The van der Waals surface area contributed by atoms with Crippen molar-refractivity contribution in [2.75, 3.05) is 20.1 Å². The molecule has 1 aliphatic rings. The molecule has 0 aliphatic carbocycles. The smallest absolute Gasteiger partial charge is 0.406 e. The Balaban J connectivity index is 1.79. The average molecular weight is 464 g/mol. The van der Waals surface area contributed by atoms with Crippen molar-refractivity contribution in [2.24, 2.45) is 5.73 Å². The first-order chi connectivity index (χ1) is 15.4. The lowest BCUT2D eigenvalue weighted by atomic mass is 9.86. The zero-order chi connectivity index (χ0) is 24.4. The maximum absolute atomic E-state index is 13.2. The van der Waals surface area contributed by atoms with E-state index in [1.807, 2.05) is 11.9 Å². The van der Waals surface area contributed by atoms with Gasteiger partial charge < -0.3 is 15.4 Å². The van der Waals surface area contributed by atoms with Gasteiger partial charge in [0.15, 0.2) is 0 Å². The van der Waals surface area contributed by atoms with Gasteiger partial charge in [-0.2, -0.15) is 0 Å². The molecule has 2 N–H and O–H groups in total. The van der Waals surface area contributed by atoms with Crippen LogP contribution in [0.2, 0.25) is 0 Å². The summed E-state index contributed by atoms with van der Waals surface area (Å²) < 4.78 is 41.1. The fourth-order valence-electron chi connectivity index (χ4n) is 4.27. The van der Waals surface area contributed by atoms with Crippen LogP contribution < -0.4 is 10.5 Å². The van der Waals surface area contributed by atoms with Gasteiger partial charge in [0.2, 0.25) is 5.91 Å². The summed E-state index contributed by atoms with van der Waals surface area (Å²) in [6.45, 7) is 7.31. The lowest BCUT2D eigenvalue weighted by Crippen LogP contribution is -2.33. The molecule has 5 nitrogen and oxygen atoms in total. The molecule has 1 aliphatic heterocycles. The number of hydrogen-bond donors (Lipinski definition) is 1.